The van der Waals surface area contributed by atoms with Crippen LogP contribution in [0.1, 0.15) is 5.69 Å². The van der Waals surface area contributed by atoms with Gasteiger partial charge in [0, 0.05) is 13.2 Å². The Bertz CT molecular complexity index is 433. The van der Waals surface area contributed by atoms with Gasteiger partial charge >= 0.3 is 0 Å². The van der Waals surface area contributed by atoms with Gasteiger partial charge in [0.2, 0.25) is 0 Å². The fourth-order valence-corrected chi connectivity index (χ4v) is 1.65. The molecule has 2 aromatic rings. The monoisotopic (exact) mass is 181 g/mol. The lowest BCUT2D eigenvalue weighted by Crippen LogP contribution is -1.88. The minimum absolute atomic E-state index is 0.526. The Labute approximate surface area is 75.0 Å². The molecule has 0 spiro atoms. The highest BCUT2D eigenvalue weighted by molar-refractivity contribution is 6.34. The minimum Gasteiger partial charge on any atom is -0.267 e. The summed E-state index contributed by atoms with van der Waals surface area (Å²) in [5, 5.41) is 5.72. The molecule has 0 amide bonds. The van der Waals surface area contributed by atoms with Crippen LogP contribution < -0.4 is 0 Å². The van der Waals surface area contributed by atoms with Crippen LogP contribution in [0.3, 0.4) is 0 Å². The third-order valence-corrected chi connectivity index (χ3v) is 2.18. The van der Waals surface area contributed by atoms with Gasteiger partial charge in [0.1, 0.15) is 5.15 Å². The van der Waals surface area contributed by atoms with Crippen LogP contribution >= 0.6 is 11.6 Å². The van der Waals surface area contributed by atoms with Gasteiger partial charge in [-0.05, 0) is 13.0 Å². The number of hydrogen-bond donors (Lipinski definition) is 0. The molecule has 0 unspecified atom stereocenters. The van der Waals surface area contributed by atoms with Crippen molar-refractivity contribution in [1.29, 1.82) is 0 Å². The third-order valence-electron chi connectivity index (χ3n) is 1.89. The molecule has 0 N–H and O–H groups in total. The van der Waals surface area contributed by atoms with Crippen molar-refractivity contribution < 1.29 is 0 Å². The molecule has 4 heteroatoms. The van der Waals surface area contributed by atoms with Crippen molar-refractivity contribution in [3.63, 3.8) is 0 Å². The molecule has 0 aliphatic rings. The van der Waals surface area contributed by atoms with Gasteiger partial charge in [-0.2, -0.15) is 5.10 Å². The standard InChI is InChI=1S/C8H8ClN3/c1-5-7-6(12(2)11-5)3-4-10-8(7)9/h3-4H,1-2H3. The zero-order valence-corrected chi connectivity index (χ0v) is 7.63. The molecule has 2 rings (SSSR count). The molecule has 2 aromatic heterocycles. The number of fused-ring (bicyclic) bond motifs is 1. The van der Waals surface area contributed by atoms with Crippen molar-refractivity contribution in [3.05, 3.63) is 23.1 Å². The smallest absolute Gasteiger partial charge is 0.140 e. The highest BCUT2D eigenvalue weighted by Gasteiger charge is 2.07. The first kappa shape index (κ1) is 7.55. The minimum atomic E-state index is 0.526. The molecule has 0 aromatic carbocycles. The Kier molecular flexibility index (Phi) is 1.54. The Hall–Kier alpha value is -1.09. The van der Waals surface area contributed by atoms with Crippen LogP contribution in [0.2, 0.25) is 5.15 Å². The van der Waals surface area contributed by atoms with Crippen LogP contribution in [-0.2, 0) is 7.05 Å². The van der Waals surface area contributed by atoms with Crippen molar-refractivity contribution in [1.82, 2.24) is 14.8 Å². The van der Waals surface area contributed by atoms with Crippen LogP contribution in [0.5, 0.6) is 0 Å². The normalized spacial score (nSPS) is 10.9. The Balaban J connectivity index is 2.99. The average molecular weight is 182 g/mol. The summed E-state index contributed by atoms with van der Waals surface area (Å²) in [7, 11) is 1.89. The van der Waals surface area contributed by atoms with Crippen LogP contribution in [0.25, 0.3) is 10.9 Å². The lowest BCUT2D eigenvalue weighted by Gasteiger charge is -1.93. The molecule has 0 radical (unpaired) electrons. The summed E-state index contributed by atoms with van der Waals surface area (Å²) in [5.74, 6) is 0. The number of nitrogens with zero attached hydrogens (tertiary/aromatic N) is 3. The first-order valence-electron chi connectivity index (χ1n) is 3.64. The molecule has 0 saturated carbocycles. The maximum absolute atomic E-state index is 5.91. The second kappa shape index (κ2) is 2.45. The predicted octanol–water partition coefficient (Wildman–Crippen LogP) is 1.93. The summed E-state index contributed by atoms with van der Waals surface area (Å²) in [6.07, 6.45) is 1.69. The second-order valence-corrected chi connectivity index (χ2v) is 3.06. The van der Waals surface area contributed by atoms with E-state index < -0.39 is 0 Å². The number of aryl methyl sites for hydroxylation is 2. The molecule has 0 saturated heterocycles. The maximum Gasteiger partial charge on any atom is 0.140 e. The van der Waals surface area contributed by atoms with Crippen LogP contribution in [0.15, 0.2) is 12.3 Å². The molecule has 0 aliphatic heterocycles. The van der Waals surface area contributed by atoms with E-state index in [9.17, 15) is 0 Å². The fraction of sp³-hybridized carbons (Fsp3) is 0.250. The summed E-state index contributed by atoms with van der Waals surface area (Å²) in [6, 6.07) is 1.90. The Morgan fingerprint density at radius 3 is 2.92 bits per heavy atom. The largest absolute Gasteiger partial charge is 0.267 e. The van der Waals surface area contributed by atoms with E-state index in [1.807, 2.05) is 20.0 Å². The van der Waals surface area contributed by atoms with E-state index in [2.05, 4.69) is 10.1 Å². The molecule has 0 bridgehead atoms. The average Bonchev–Trinajstić information content (AvgIpc) is 2.29. The number of rotatable bonds is 0. The predicted molar refractivity (Wildman–Crippen MR) is 48.3 cm³/mol. The van der Waals surface area contributed by atoms with Gasteiger partial charge in [-0.15, -0.1) is 0 Å². The van der Waals surface area contributed by atoms with E-state index in [1.165, 1.54) is 0 Å². The van der Waals surface area contributed by atoms with Crippen molar-refractivity contribution in [2.45, 2.75) is 6.92 Å². The molecule has 3 nitrogen and oxygen atoms in total. The Morgan fingerprint density at radius 2 is 2.25 bits per heavy atom. The van der Waals surface area contributed by atoms with Crippen LogP contribution in [-0.4, -0.2) is 14.8 Å². The van der Waals surface area contributed by atoms with Gasteiger partial charge in [-0.3, -0.25) is 4.68 Å². The highest BCUT2D eigenvalue weighted by atomic mass is 35.5. The molecule has 0 atom stereocenters. The van der Waals surface area contributed by atoms with Gasteiger partial charge in [0.15, 0.2) is 0 Å². The lowest BCUT2D eigenvalue weighted by molar-refractivity contribution is 0.783. The number of aromatic nitrogens is 3. The molecule has 2 heterocycles. The Morgan fingerprint density at radius 1 is 1.50 bits per heavy atom. The van der Waals surface area contributed by atoms with E-state index >= 15 is 0 Å². The first-order valence-corrected chi connectivity index (χ1v) is 4.02. The summed E-state index contributed by atoms with van der Waals surface area (Å²) in [6.45, 7) is 1.93. The molecule has 62 valence electrons. The topological polar surface area (TPSA) is 30.7 Å². The number of pyridine rings is 1. The SMILES string of the molecule is Cc1nn(C)c2ccnc(Cl)c12. The van der Waals surface area contributed by atoms with Gasteiger partial charge in [-0.1, -0.05) is 11.6 Å². The second-order valence-electron chi connectivity index (χ2n) is 2.70. The van der Waals surface area contributed by atoms with Gasteiger partial charge in [0.25, 0.3) is 0 Å². The van der Waals surface area contributed by atoms with Crippen LogP contribution in [0.4, 0.5) is 0 Å². The zero-order chi connectivity index (χ0) is 8.72. The van der Waals surface area contributed by atoms with Crippen molar-refractivity contribution in [2.75, 3.05) is 0 Å². The van der Waals surface area contributed by atoms with E-state index in [0.29, 0.717) is 5.15 Å². The number of hydrogen-bond acceptors (Lipinski definition) is 2. The van der Waals surface area contributed by atoms with E-state index in [0.717, 1.165) is 16.6 Å². The molecule has 0 aliphatic carbocycles. The summed E-state index contributed by atoms with van der Waals surface area (Å²) in [5.41, 5.74) is 1.94. The van der Waals surface area contributed by atoms with Gasteiger partial charge in [0.05, 0.1) is 16.6 Å². The highest BCUT2D eigenvalue weighted by Crippen LogP contribution is 2.22. The maximum atomic E-state index is 5.91. The summed E-state index contributed by atoms with van der Waals surface area (Å²) in [4.78, 5) is 3.99. The summed E-state index contributed by atoms with van der Waals surface area (Å²) < 4.78 is 1.80. The van der Waals surface area contributed by atoms with Crippen molar-refractivity contribution in [2.24, 2.45) is 7.05 Å². The lowest BCUT2D eigenvalue weighted by atomic mass is 10.3. The summed E-state index contributed by atoms with van der Waals surface area (Å²) >= 11 is 5.91. The van der Waals surface area contributed by atoms with Crippen LogP contribution in [0, 0.1) is 6.92 Å². The molecule has 0 fully saturated rings. The zero-order valence-electron chi connectivity index (χ0n) is 6.87. The first-order chi connectivity index (χ1) is 5.70. The van der Waals surface area contributed by atoms with Gasteiger partial charge < -0.3 is 0 Å². The quantitative estimate of drug-likeness (QED) is 0.582. The van der Waals surface area contributed by atoms with Crippen molar-refractivity contribution in [3.8, 4) is 0 Å². The molecule has 12 heavy (non-hydrogen) atoms. The third kappa shape index (κ3) is 0.898. The molecular formula is C8H8ClN3. The fourth-order valence-electron chi connectivity index (χ4n) is 1.36. The van der Waals surface area contributed by atoms with E-state index in [4.69, 9.17) is 11.6 Å². The molecular weight excluding hydrogens is 174 g/mol. The van der Waals surface area contributed by atoms with Gasteiger partial charge in [-0.25, -0.2) is 4.98 Å². The van der Waals surface area contributed by atoms with E-state index in [1.54, 1.807) is 10.9 Å². The van der Waals surface area contributed by atoms with E-state index in [-0.39, 0.29) is 0 Å². The number of halogens is 1. The van der Waals surface area contributed by atoms with Crippen molar-refractivity contribution >= 4 is 22.5 Å².